The van der Waals surface area contributed by atoms with Crippen LogP contribution in [0.25, 0.3) is 0 Å². The second-order valence-corrected chi connectivity index (χ2v) is 12.5. The molecule has 1 aromatic heterocycles. The lowest BCUT2D eigenvalue weighted by atomic mass is 9.79. The average Bonchev–Trinajstić information content (AvgIpc) is 3.11. The zero-order valence-electron chi connectivity index (χ0n) is 26.5. The first kappa shape index (κ1) is 33.1. The van der Waals surface area contributed by atoms with Crippen molar-refractivity contribution in [1.82, 2.24) is 14.8 Å². The number of aromatic nitrogens is 1. The highest BCUT2D eigenvalue weighted by atomic mass is 35.5. The molecule has 3 N–H and O–H groups in total. The maximum atomic E-state index is 13.8. The summed E-state index contributed by atoms with van der Waals surface area (Å²) in [6, 6.07) is 14.2. The number of carbonyl (C=O) groups excluding carboxylic acids is 2. The number of nitrogens with one attached hydrogen (secondary N) is 1. The Balaban J connectivity index is 1.73. The fourth-order valence-electron chi connectivity index (χ4n) is 5.94. The Morgan fingerprint density at radius 1 is 1.30 bits per heavy atom. The van der Waals surface area contributed by atoms with Crippen molar-refractivity contribution in [3.63, 3.8) is 0 Å². The van der Waals surface area contributed by atoms with Crippen LogP contribution in [-0.4, -0.2) is 66.1 Å². The molecule has 1 amide bonds. The molecule has 0 saturated carbocycles. The minimum absolute atomic E-state index is 0.0902. The van der Waals surface area contributed by atoms with Crippen molar-refractivity contribution >= 4 is 35.4 Å². The molecule has 236 valence electrons. The number of pyridine rings is 1. The second-order valence-electron chi connectivity index (χ2n) is 12.1. The summed E-state index contributed by atoms with van der Waals surface area (Å²) < 4.78 is 11.1. The Bertz CT molecular complexity index is 1480. The van der Waals surface area contributed by atoms with E-state index in [4.69, 9.17) is 26.8 Å². The van der Waals surface area contributed by atoms with Crippen LogP contribution < -0.4 is 15.8 Å². The Morgan fingerprint density at radius 3 is 2.80 bits per heavy atom. The molecule has 1 aliphatic rings. The molecule has 44 heavy (non-hydrogen) atoms. The molecule has 2 heterocycles. The fourth-order valence-corrected chi connectivity index (χ4v) is 6.23. The average molecular weight is 622 g/mol. The van der Waals surface area contributed by atoms with E-state index < -0.39 is 11.5 Å². The SMILES string of the molecule is CCNc1ccc(C(c2ccc(C)c(CN3Cc4cccnc4OC(C)(C)C3)c2)C(C)C(=O)N(C)CCOC=O)c(Cl)c1N. The van der Waals surface area contributed by atoms with Gasteiger partial charge < -0.3 is 25.4 Å². The fraction of sp³-hybridized carbons (Fsp3) is 0.441. The number of amides is 1. The molecule has 0 spiro atoms. The minimum atomic E-state index is -0.489. The molecule has 9 nitrogen and oxygen atoms in total. The number of carbonyl (C=O) groups is 2. The number of benzene rings is 2. The first-order valence-electron chi connectivity index (χ1n) is 15.0. The number of aryl methyl sites for hydroxylation is 1. The molecule has 2 atom stereocenters. The number of nitrogens with two attached hydrogens (primary N) is 1. The molecule has 1 aliphatic heterocycles. The number of fused-ring (bicyclic) bond motifs is 1. The predicted octanol–water partition coefficient (Wildman–Crippen LogP) is 5.63. The second kappa shape index (κ2) is 14.3. The van der Waals surface area contributed by atoms with E-state index in [1.54, 1.807) is 18.1 Å². The molecule has 2 unspecified atom stereocenters. The molecule has 0 fully saturated rings. The van der Waals surface area contributed by atoms with Gasteiger partial charge in [-0.3, -0.25) is 14.5 Å². The van der Waals surface area contributed by atoms with Crippen LogP contribution in [0.4, 0.5) is 11.4 Å². The largest absolute Gasteiger partial charge is 0.470 e. The third-order valence-corrected chi connectivity index (χ3v) is 8.56. The summed E-state index contributed by atoms with van der Waals surface area (Å²) in [4.78, 5) is 32.9. The van der Waals surface area contributed by atoms with E-state index in [0.717, 1.165) is 33.5 Å². The van der Waals surface area contributed by atoms with Crippen molar-refractivity contribution in [2.45, 2.75) is 59.2 Å². The van der Waals surface area contributed by atoms with Crippen LogP contribution in [0.2, 0.25) is 5.02 Å². The lowest BCUT2D eigenvalue weighted by Crippen LogP contribution is -2.40. The van der Waals surface area contributed by atoms with Crippen molar-refractivity contribution in [2.75, 3.05) is 44.3 Å². The van der Waals surface area contributed by atoms with E-state index >= 15 is 0 Å². The quantitative estimate of drug-likeness (QED) is 0.152. The van der Waals surface area contributed by atoms with Crippen molar-refractivity contribution in [3.05, 3.63) is 81.5 Å². The van der Waals surface area contributed by atoms with Crippen LogP contribution in [0.15, 0.2) is 48.7 Å². The summed E-state index contributed by atoms with van der Waals surface area (Å²) in [5, 5.41) is 3.68. The van der Waals surface area contributed by atoms with Gasteiger partial charge in [0.05, 0.1) is 22.9 Å². The molecule has 0 aliphatic carbocycles. The maximum Gasteiger partial charge on any atom is 0.293 e. The highest BCUT2D eigenvalue weighted by molar-refractivity contribution is 6.34. The van der Waals surface area contributed by atoms with Gasteiger partial charge in [0.2, 0.25) is 11.8 Å². The smallest absolute Gasteiger partial charge is 0.293 e. The molecule has 10 heteroatoms. The molecular weight excluding hydrogens is 578 g/mol. The van der Waals surface area contributed by atoms with Gasteiger partial charge in [0.1, 0.15) is 12.2 Å². The minimum Gasteiger partial charge on any atom is -0.470 e. The van der Waals surface area contributed by atoms with Gasteiger partial charge in [-0.05, 0) is 62.1 Å². The number of hydrogen-bond acceptors (Lipinski definition) is 8. The van der Waals surface area contributed by atoms with E-state index in [2.05, 4.69) is 60.2 Å². The Kier molecular flexibility index (Phi) is 10.8. The number of halogens is 1. The molecule has 4 rings (SSSR count). The van der Waals surface area contributed by atoms with E-state index in [9.17, 15) is 9.59 Å². The van der Waals surface area contributed by atoms with Gasteiger partial charge in [-0.25, -0.2) is 4.98 Å². The molecular formula is C34H44ClN5O4. The highest BCUT2D eigenvalue weighted by Crippen LogP contribution is 2.42. The monoisotopic (exact) mass is 621 g/mol. The topological polar surface area (TPSA) is 110 Å². The van der Waals surface area contributed by atoms with Crippen LogP contribution in [0, 0.1) is 12.8 Å². The highest BCUT2D eigenvalue weighted by Gasteiger charge is 2.33. The number of anilines is 2. The summed E-state index contributed by atoms with van der Waals surface area (Å²) in [6.45, 7) is 13.8. The summed E-state index contributed by atoms with van der Waals surface area (Å²) in [7, 11) is 1.71. The summed E-state index contributed by atoms with van der Waals surface area (Å²) in [6.07, 6.45) is 1.76. The normalized spacial score (nSPS) is 15.7. The van der Waals surface area contributed by atoms with Crippen LogP contribution >= 0.6 is 11.6 Å². The van der Waals surface area contributed by atoms with E-state index in [1.807, 2.05) is 32.0 Å². The Hall–Kier alpha value is -3.82. The maximum absolute atomic E-state index is 13.8. The molecule has 3 aromatic rings. The first-order valence-corrected chi connectivity index (χ1v) is 15.4. The Labute approximate surface area is 265 Å². The predicted molar refractivity (Wildman–Crippen MR) is 175 cm³/mol. The van der Waals surface area contributed by atoms with Gasteiger partial charge in [-0.2, -0.15) is 0 Å². The zero-order chi connectivity index (χ0) is 32.0. The molecule has 0 saturated heterocycles. The standard InChI is InChI=1S/C34H44ClN5O4/c1-7-37-28-13-12-27(30(35)31(28)36)29(23(3)33(42)39(6)15-16-43-21-41)24-11-10-22(2)26(17-24)19-40-18-25-9-8-14-38-32(25)44-34(4,5)20-40/h8-14,17,21,23,29,37H,7,15-16,18-20,36H2,1-6H3. The lowest BCUT2D eigenvalue weighted by molar-refractivity contribution is -0.137. The lowest BCUT2D eigenvalue weighted by Gasteiger charge is -2.31. The summed E-state index contributed by atoms with van der Waals surface area (Å²) >= 11 is 6.96. The number of nitrogens with zero attached hydrogens (tertiary/aromatic N) is 3. The van der Waals surface area contributed by atoms with E-state index in [1.165, 1.54) is 0 Å². The third kappa shape index (κ3) is 7.63. The first-order chi connectivity index (χ1) is 21.0. The van der Waals surface area contributed by atoms with Gasteiger partial charge in [-0.15, -0.1) is 0 Å². The van der Waals surface area contributed by atoms with Crippen LogP contribution in [0.1, 0.15) is 61.4 Å². The van der Waals surface area contributed by atoms with Gasteiger partial charge in [0.15, 0.2) is 0 Å². The van der Waals surface area contributed by atoms with Crippen molar-refractivity contribution in [3.8, 4) is 5.88 Å². The number of ether oxygens (including phenoxy) is 2. The number of nitrogen functional groups attached to an aromatic ring is 1. The molecule has 0 bridgehead atoms. The van der Waals surface area contributed by atoms with Crippen LogP contribution in [-0.2, 0) is 27.4 Å². The summed E-state index contributed by atoms with van der Waals surface area (Å²) in [5.74, 6) is -0.283. The zero-order valence-corrected chi connectivity index (χ0v) is 27.3. The number of rotatable bonds is 12. The van der Waals surface area contributed by atoms with E-state index in [0.29, 0.717) is 49.2 Å². The molecule has 0 radical (unpaired) electrons. The van der Waals surface area contributed by atoms with Gasteiger partial charge >= 0.3 is 0 Å². The Morgan fingerprint density at radius 2 is 2.07 bits per heavy atom. The van der Waals surface area contributed by atoms with Crippen molar-refractivity contribution < 1.29 is 19.1 Å². The van der Waals surface area contributed by atoms with Crippen molar-refractivity contribution in [1.29, 1.82) is 0 Å². The van der Waals surface area contributed by atoms with E-state index in [-0.39, 0.29) is 25.0 Å². The van der Waals surface area contributed by atoms with Crippen molar-refractivity contribution in [2.24, 2.45) is 5.92 Å². The number of hydrogen-bond donors (Lipinski definition) is 2. The summed E-state index contributed by atoms with van der Waals surface area (Å²) in [5.41, 5.74) is 12.4. The molecule has 2 aromatic carbocycles. The van der Waals surface area contributed by atoms with Gasteiger partial charge in [0.25, 0.3) is 6.47 Å². The van der Waals surface area contributed by atoms with Gasteiger partial charge in [0, 0.05) is 56.8 Å². The van der Waals surface area contributed by atoms with Gasteiger partial charge in [-0.1, -0.05) is 48.9 Å². The van der Waals surface area contributed by atoms with Crippen LogP contribution in [0.3, 0.4) is 0 Å². The third-order valence-electron chi connectivity index (χ3n) is 8.14. The van der Waals surface area contributed by atoms with Crippen LogP contribution in [0.5, 0.6) is 5.88 Å². The number of likely N-dealkylation sites (N-methyl/N-ethyl adjacent to an activating group) is 1.